The second-order valence-corrected chi connectivity index (χ2v) is 6.21. The molecule has 0 atom stereocenters. The Kier molecular flexibility index (Phi) is 9.58. The van der Waals surface area contributed by atoms with Crippen LogP contribution in [-0.2, 0) is 14.3 Å². The molecular weight excluding hydrogens is 420 g/mol. The second-order valence-electron chi connectivity index (χ2n) is 6.21. The number of carbonyl (C=O) groups excluding carboxylic acids is 3. The molecule has 9 heteroatoms. The van der Waals surface area contributed by atoms with Gasteiger partial charge in [0.25, 0.3) is 0 Å². The Morgan fingerprint density at radius 2 is 1.56 bits per heavy atom. The molecule has 0 heterocycles. The summed E-state index contributed by atoms with van der Waals surface area (Å²) in [7, 11) is 2.88. The van der Waals surface area contributed by atoms with Crippen LogP contribution in [0.3, 0.4) is 0 Å². The lowest BCUT2D eigenvalue weighted by atomic mass is 10.2. The molecule has 9 nitrogen and oxygen atoms in total. The number of hydrogen-bond acceptors (Lipinski definition) is 9. The first kappa shape index (κ1) is 24.3. The van der Waals surface area contributed by atoms with E-state index in [2.05, 4.69) is 6.58 Å². The smallest absolute Gasteiger partial charge is 0.497 e. The number of esters is 2. The fourth-order valence-electron chi connectivity index (χ4n) is 2.42. The molecule has 2 aromatic rings. The standard InChI is InChI=1S/C23H24O9/c1-4-21(24)29-12-5-6-13-30-23(26)32-19-11-10-16(14-20(19)28-3)22(25)31-18-9-7-8-17(15-18)27-2/h4,7-11,14-15H,1,5-6,12-13H2,2-3H3. The van der Waals surface area contributed by atoms with Crippen LogP contribution >= 0.6 is 0 Å². The van der Waals surface area contributed by atoms with Crippen molar-refractivity contribution in [1.29, 1.82) is 0 Å². The largest absolute Gasteiger partial charge is 0.513 e. The Morgan fingerprint density at radius 3 is 2.25 bits per heavy atom. The van der Waals surface area contributed by atoms with Gasteiger partial charge in [-0.2, -0.15) is 0 Å². The van der Waals surface area contributed by atoms with Gasteiger partial charge in [0.1, 0.15) is 11.5 Å². The number of ether oxygens (including phenoxy) is 6. The van der Waals surface area contributed by atoms with Crippen LogP contribution in [0.5, 0.6) is 23.0 Å². The van der Waals surface area contributed by atoms with Crippen LogP contribution in [0.4, 0.5) is 4.79 Å². The average molecular weight is 444 g/mol. The van der Waals surface area contributed by atoms with Gasteiger partial charge in [0.15, 0.2) is 11.5 Å². The first-order valence-electron chi connectivity index (χ1n) is 9.65. The highest BCUT2D eigenvalue weighted by Gasteiger charge is 2.16. The fourth-order valence-corrected chi connectivity index (χ4v) is 2.42. The number of unbranched alkanes of at least 4 members (excludes halogenated alkanes) is 1. The Balaban J connectivity index is 1.88. The molecule has 0 unspecified atom stereocenters. The van der Waals surface area contributed by atoms with E-state index in [-0.39, 0.29) is 30.3 Å². The molecule has 0 radical (unpaired) electrons. The molecule has 0 aliphatic carbocycles. The van der Waals surface area contributed by atoms with Gasteiger partial charge in [0.05, 0.1) is 33.0 Å². The summed E-state index contributed by atoms with van der Waals surface area (Å²) in [4.78, 5) is 35.2. The summed E-state index contributed by atoms with van der Waals surface area (Å²) in [5.41, 5.74) is 0.194. The molecule has 170 valence electrons. The van der Waals surface area contributed by atoms with Gasteiger partial charge in [-0.25, -0.2) is 14.4 Å². The maximum Gasteiger partial charge on any atom is 0.513 e. The number of benzene rings is 2. The zero-order chi connectivity index (χ0) is 23.3. The van der Waals surface area contributed by atoms with Crippen molar-refractivity contribution in [3.63, 3.8) is 0 Å². The predicted molar refractivity (Wildman–Crippen MR) is 113 cm³/mol. The molecule has 0 amide bonds. The molecule has 32 heavy (non-hydrogen) atoms. The van der Waals surface area contributed by atoms with E-state index in [0.717, 1.165) is 6.08 Å². The van der Waals surface area contributed by atoms with Crippen LogP contribution in [0.1, 0.15) is 23.2 Å². The Morgan fingerprint density at radius 1 is 0.844 bits per heavy atom. The van der Waals surface area contributed by atoms with E-state index in [1.807, 2.05) is 0 Å². The Hall–Kier alpha value is -4.01. The van der Waals surface area contributed by atoms with E-state index >= 15 is 0 Å². The first-order valence-corrected chi connectivity index (χ1v) is 9.65. The Labute approximate surface area is 185 Å². The van der Waals surface area contributed by atoms with E-state index in [4.69, 9.17) is 28.4 Å². The van der Waals surface area contributed by atoms with Crippen molar-refractivity contribution in [2.75, 3.05) is 27.4 Å². The summed E-state index contributed by atoms with van der Waals surface area (Å²) < 4.78 is 30.5. The Bertz CT molecular complexity index is 952. The zero-order valence-electron chi connectivity index (χ0n) is 17.8. The van der Waals surface area contributed by atoms with Crippen LogP contribution in [0.25, 0.3) is 0 Å². The minimum atomic E-state index is -0.932. The van der Waals surface area contributed by atoms with Gasteiger partial charge in [0.2, 0.25) is 0 Å². The molecule has 0 saturated heterocycles. The molecule has 0 aromatic heterocycles. The van der Waals surface area contributed by atoms with Crippen LogP contribution < -0.4 is 18.9 Å². The maximum atomic E-state index is 12.4. The molecule has 0 aliphatic heterocycles. The molecule has 0 aliphatic rings. The topological polar surface area (TPSA) is 107 Å². The number of rotatable bonds is 11. The highest BCUT2D eigenvalue weighted by molar-refractivity contribution is 5.92. The van der Waals surface area contributed by atoms with Crippen molar-refractivity contribution >= 4 is 18.1 Å². The van der Waals surface area contributed by atoms with Crippen molar-refractivity contribution in [3.8, 4) is 23.0 Å². The van der Waals surface area contributed by atoms with Crippen molar-refractivity contribution in [1.82, 2.24) is 0 Å². The molecule has 0 fully saturated rings. The summed E-state index contributed by atoms with van der Waals surface area (Å²) in [5, 5.41) is 0. The van der Waals surface area contributed by atoms with E-state index < -0.39 is 18.1 Å². The normalized spacial score (nSPS) is 9.94. The highest BCUT2D eigenvalue weighted by Crippen LogP contribution is 2.29. The number of hydrogen-bond donors (Lipinski definition) is 0. The molecule has 0 bridgehead atoms. The van der Waals surface area contributed by atoms with E-state index in [1.54, 1.807) is 24.3 Å². The first-order chi connectivity index (χ1) is 15.5. The maximum absolute atomic E-state index is 12.4. The van der Waals surface area contributed by atoms with Crippen LogP contribution in [0, 0.1) is 0 Å². The van der Waals surface area contributed by atoms with E-state index in [0.29, 0.717) is 24.3 Å². The summed E-state index contributed by atoms with van der Waals surface area (Å²) in [6, 6.07) is 10.8. The molecule has 2 rings (SSSR count). The van der Waals surface area contributed by atoms with Gasteiger partial charge >= 0.3 is 18.1 Å². The van der Waals surface area contributed by atoms with Gasteiger partial charge < -0.3 is 28.4 Å². The molecule has 0 spiro atoms. The average Bonchev–Trinajstić information content (AvgIpc) is 2.81. The van der Waals surface area contributed by atoms with Crippen LogP contribution in [0.15, 0.2) is 55.1 Å². The van der Waals surface area contributed by atoms with E-state index in [9.17, 15) is 14.4 Å². The molecule has 0 saturated carbocycles. The lowest BCUT2D eigenvalue weighted by molar-refractivity contribution is -0.137. The van der Waals surface area contributed by atoms with Gasteiger partial charge in [0, 0.05) is 12.1 Å². The summed E-state index contributed by atoms with van der Waals surface area (Å²) >= 11 is 0. The fraction of sp³-hybridized carbons (Fsp3) is 0.261. The van der Waals surface area contributed by atoms with E-state index in [1.165, 1.54) is 32.4 Å². The third-order valence-corrected chi connectivity index (χ3v) is 4.01. The third kappa shape index (κ3) is 7.67. The molecule has 2 aromatic carbocycles. The van der Waals surface area contributed by atoms with Gasteiger partial charge in [-0.15, -0.1) is 0 Å². The predicted octanol–water partition coefficient (Wildman–Crippen LogP) is 3.95. The highest BCUT2D eigenvalue weighted by atomic mass is 16.7. The number of methoxy groups -OCH3 is 2. The van der Waals surface area contributed by atoms with Crippen molar-refractivity contribution in [2.45, 2.75) is 12.8 Å². The van der Waals surface area contributed by atoms with Gasteiger partial charge in [-0.05, 0) is 43.2 Å². The van der Waals surface area contributed by atoms with Crippen LogP contribution in [0.2, 0.25) is 0 Å². The van der Waals surface area contributed by atoms with Crippen LogP contribution in [-0.4, -0.2) is 45.5 Å². The van der Waals surface area contributed by atoms with Gasteiger partial charge in [-0.3, -0.25) is 0 Å². The minimum absolute atomic E-state index is 0.0790. The quantitative estimate of drug-likeness (QED) is 0.167. The van der Waals surface area contributed by atoms with Gasteiger partial charge in [-0.1, -0.05) is 12.6 Å². The monoisotopic (exact) mass is 444 g/mol. The summed E-state index contributed by atoms with van der Waals surface area (Å²) in [6.45, 7) is 3.57. The number of carbonyl (C=O) groups is 3. The van der Waals surface area contributed by atoms with Crippen molar-refractivity contribution in [3.05, 3.63) is 60.7 Å². The molecule has 0 N–H and O–H groups in total. The second kappa shape index (κ2) is 12.6. The zero-order valence-corrected chi connectivity index (χ0v) is 17.8. The SMILES string of the molecule is C=CC(=O)OCCCCOC(=O)Oc1ccc(C(=O)Oc2cccc(OC)c2)cc1OC. The summed E-state index contributed by atoms with van der Waals surface area (Å²) in [6.07, 6.45) is 1.13. The van der Waals surface area contributed by atoms with Crippen molar-refractivity contribution < 1.29 is 42.8 Å². The third-order valence-electron chi connectivity index (χ3n) is 4.01. The van der Waals surface area contributed by atoms with Crippen molar-refractivity contribution in [2.24, 2.45) is 0 Å². The summed E-state index contributed by atoms with van der Waals surface area (Å²) in [5.74, 6) is -0.0331. The molecular formula is C23H24O9. The lowest BCUT2D eigenvalue weighted by Crippen LogP contribution is -2.13. The minimum Gasteiger partial charge on any atom is -0.497 e. The lowest BCUT2D eigenvalue weighted by Gasteiger charge is -2.11.